The smallest absolute Gasteiger partial charge is 0.338 e. The van der Waals surface area contributed by atoms with Crippen LogP contribution in [0.1, 0.15) is 37.6 Å². The minimum atomic E-state index is -0.556. The first-order valence-corrected chi connectivity index (χ1v) is 10.2. The van der Waals surface area contributed by atoms with Crippen LogP contribution in [0.4, 0.5) is 17.1 Å². The summed E-state index contributed by atoms with van der Waals surface area (Å²) in [6, 6.07) is 13.9. The summed E-state index contributed by atoms with van der Waals surface area (Å²) in [5.74, 6) is -1.09. The normalized spacial score (nSPS) is 15.6. The predicted molar refractivity (Wildman–Crippen MR) is 117 cm³/mol. The van der Waals surface area contributed by atoms with Crippen LogP contribution in [-0.2, 0) is 14.3 Å². The molecule has 1 N–H and O–H groups in total. The van der Waals surface area contributed by atoms with Gasteiger partial charge >= 0.3 is 5.97 Å². The molecule has 7 nitrogen and oxygen atoms in total. The highest BCUT2D eigenvalue weighted by Gasteiger charge is 2.30. The number of esters is 1. The molecule has 158 valence electrons. The molecule has 30 heavy (non-hydrogen) atoms. The van der Waals surface area contributed by atoms with Crippen molar-refractivity contribution in [1.82, 2.24) is 0 Å². The van der Waals surface area contributed by atoms with Crippen molar-refractivity contribution in [2.24, 2.45) is 0 Å². The fraction of sp³-hybridized carbons (Fsp3) is 0.348. The van der Waals surface area contributed by atoms with Crippen molar-refractivity contribution in [3.05, 3.63) is 54.1 Å². The van der Waals surface area contributed by atoms with E-state index in [1.165, 1.54) is 4.90 Å². The molecule has 0 spiro atoms. The fourth-order valence-corrected chi connectivity index (χ4v) is 3.65. The van der Waals surface area contributed by atoms with Gasteiger partial charge in [0.15, 0.2) is 6.61 Å². The lowest BCUT2D eigenvalue weighted by molar-refractivity contribution is -0.122. The lowest BCUT2D eigenvalue weighted by Crippen LogP contribution is -2.41. The Morgan fingerprint density at radius 3 is 2.43 bits per heavy atom. The first kappa shape index (κ1) is 21.4. The number of carbonyl (C=O) groups is 3. The molecule has 0 saturated heterocycles. The maximum absolute atomic E-state index is 12.9. The van der Waals surface area contributed by atoms with Gasteiger partial charge in [0.1, 0.15) is 0 Å². The van der Waals surface area contributed by atoms with E-state index in [1.807, 2.05) is 12.1 Å². The molecule has 2 amide bonds. The van der Waals surface area contributed by atoms with E-state index >= 15 is 0 Å². The average Bonchev–Trinajstić information content (AvgIpc) is 2.87. The van der Waals surface area contributed by atoms with Crippen LogP contribution in [0.5, 0.6) is 0 Å². The number of fused-ring (bicyclic) bond motifs is 1. The van der Waals surface area contributed by atoms with E-state index in [2.05, 4.69) is 24.1 Å². The molecular formula is C23H27N3O4. The summed E-state index contributed by atoms with van der Waals surface area (Å²) in [5, 5.41) is 2.81. The second-order valence-corrected chi connectivity index (χ2v) is 7.18. The maximum atomic E-state index is 12.9. The molecule has 3 rings (SSSR count). The number of amides is 2. The third-order valence-electron chi connectivity index (χ3n) is 5.19. The highest BCUT2D eigenvalue weighted by molar-refractivity contribution is 6.05. The van der Waals surface area contributed by atoms with E-state index in [1.54, 1.807) is 43.3 Å². The van der Waals surface area contributed by atoms with Crippen molar-refractivity contribution in [1.29, 1.82) is 0 Å². The Morgan fingerprint density at radius 2 is 1.77 bits per heavy atom. The standard InChI is InChI=1S/C23H27N3O4/c1-4-25(5-2)18-12-10-17(11-13-18)23(29)30-15-22(28)26-16(3)14-21(27)24-19-8-6-7-9-20(19)26/h6-13,16H,4-5,14-15H2,1-3H3,(H,24,27)/t16-/m1/s1. The van der Waals surface area contributed by atoms with Gasteiger partial charge in [0.25, 0.3) is 5.91 Å². The summed E-state index contributed by atoms with van der Waals surface area (Å²) >= 11 is 0. The largest absolute Gasteiger partial charge is 0.452 e. The molecule has 1 atom stereocenters. The van der Waals surface area contributed by atoms with E-state index in [-0.39, 0.29) is 24.3 Å². The van der Waals surface area contributed by atoms with Crippen molar-refractivity contribution in [3.8, 4) is 0 Å². The van der Waals surface area contributed by atoms with Crippen molar-refractivity contribution >= 4 is 34.8 Å². The van der Waals surface area contributed by atoms with Crippen LogP contribution >= 0.6 is 0 Å². The minimum Gasteiger partial charge on any atom is -0.452 e. The molecular weight excluding hydrogens is 382 g/mol. The Bertz CT molecular complexity index is 922. The van der Waals surface area contributed by atoms with Crippen molar-refractivity contribution in [2.75, 3.05) is 34.8 Å². The van der Waals surface area contributed by atoms with Crippen LogP contribution in [-0.4, -0.2) is 43.5 Å². The van der Waals surface area contributed by atoms with Crippen LogP contribution in [0, 0.1) is 0 Å². The molecule has 0 saturated carbocycles. The Hall–Kier alpha value is -3.35. The predicted octanol–water partition coefficient (Wildman–Crippen LogP) is 3.45. The third-order valence-corrected chi connectivity index (χ3v) is 5.19. The summed E-state index contributed by atoms with van der Waals surface area (Å²) in [6.07, 6.45) is 0.168. The fourth-order valence-electron chi connectivity index (χ4n) is 3.65. The van der Waals surface area contributed by atoms with Crippen molar-refractivity contribution in [3.63, 3.8) is 0 Å². The molecule has 1 aliphatic rings. The van der Waals surface area contributed by atoms with E-state index < -0.39 is 12.6 Å². The zero-order valence-electron chi connectivity index (χ0n) is 17.6. The van der Waals surface area contributed by atoms with E-state index in [4.69, 9.17) is 4.74 Å². The number of rotatable bonds is 6. The molecule has 1 heterocycles. The van der Waals surface area contributed by atoms with Gasteiger partial charge in [0, 0.05) is 31.2 Å². The first-order valence-electron chi connectivity index (χ1n) is 10.2. The van der Waals surface area contributed by atoms with E-state index in [0.717, 1.165) is 18.8 Å². The van der Waals surface area contributed by atoms with Gasteiger partial charge in [-0.3, -0.25) is 9.59 Å². The molecule has 0 unspecified atom stereocenters. The van der Waals surface area contributed by atoms with Crippen LogP contribution in [0.15, 0.2) is 48.5 Å². The SMILES string of the molecule is CCN(CC)c1ccc(C(=O)OCC(=O)N2c3ccccc3NC(=O)C[C@H]2C)cc1. The van der Waals surface area contributed by atoms with Gasteiger partial charge < -0.3 is 19.9 Å². The lowest BCUT2D eigenvalue weighted by atomic mass is 10.1. The number of nitrogens with zero attached hydrogens (tertiary/aromatic N) is 2. The van der Waals surface area contributed by atoms with Gasteiger partial charge in [-0.1, -0.05) is 12.1 Å². The third kappa shape index (κ3) is 4.62. The molecule has 0 radical (unpaired) electrons. The highest BCUT2D eigenvalue weighted by atomic mass is 16.5. The van der Waals surface area contributed by atoms with E-state index in [0.29, 0.717) is 16.9 Å². The molecule has 7 heteroatoms. The first-order chi connectivity index (χ1) is 14.4. The van der Waals surface area contributed by atoms with Crippen LogP contribution in [0.3, 0.4) is 0 Å². The molecule has 0 bridgehead atoms. The Balaban J connectivity index is 1.69. The summed E-state index contributed by atoms with van der Waals surface area (Å²) in [7, 11) is 0. The summed E-state index contributed by atoms with van der Waals surface area (Å²) in [6.45, 7) is 7.30. The van der Waals surface area contributed by atoms with Crippen molar-refractivity contribution < 1.29 is 19.1 Å². The monoisotopic (exact) mass is 409 g/mol. The Labute approximate surface area is 176 Å². The highest BCUT2D eigenvalue weighted by Crippen LogP contribution is 2.31. The number of ether oxygens (including phenoxy) is 1. The second-order valence-electron chi connectivity index (χ2n) is 7.18. The Kier molecular flexibility index (Phi) is 6.72. The van der Waals surface area contributed by atoms with E-state index in [9.17, 15) is 14.4 Å². The number of anilines is 3. The van der Waals surface area contributed by atoms with Gasteiger partial charge in [0.05, 0.1) is 16.9 Å². The number of carbonyl (C=O) groups excluding carboxylic acids is 3. The number of para-hydroxylation sites is 2. The second kappa shape index (κ2) is 9.43. The molecule has 1 aliphatic heterocycles. The molecule has 2 aromatic rings. The molecule has 0 fully saturated rings. The zero-order valence-corrected chi connectivity index (χ0v) is 17.6. The van der Waals surface area contributed by atoms with Crippen LogP contribution in [0.25, 0.3) is 0 Å². The van der Waals surface area contributed by atoms with Gasteiger partial charge in [-0.05, 0) is 57.2 Å². The topological polar surface area (TPSA) is 79.0 Å². The van der Waals surface area contributed by atoms with Crippen LogP contribution in [0.2, 0.25) is 0 Å². The lowest BCUT2D eigenvalue weighted by Gasteiger charge is -2.27. The zero-order chi connectivity index (χ0) is 21.7. The Morgan fingerprint density at radius 1 is 1.10 bits per heavy atom. The quantitative estimate of drug-likeness (QED) is 0.740. The number of hydrogen-bond acceptors (Lipinski definition) is 5. The maximum Gasteiger partial charge on any atom is 0.338 e. The number of hydrogen-bond donors (Lipinski definition) is 1. The number of nitrogens with one attached hydrogen (secondary N) is 1. The molecule has 2 aromatic carbocycles. The number of benzene rings is 2. The van der Waals surface area contributed by atoms with Gasteiger partial charge in [0.2, 0.25) is 5.91 Å². The average molecular weight is 409 g/mol. The summed E-state index contributed by atoms with van der Waals surface area (Å²) in [5.41, 5.74) is 2.58. The molecule has 0 aromatic heterocycles. The minimum absolute atomic E-state index is 0.157. The van der Waals surface area contributed by atoms with Gasteiger partial charge in [-0.25, -0.2) is 4.79 Å². The van der Waals surface area contributed by atoms with Crippen molar-refractivity contribution in [2.45, 2.75) is 33.2 Å². The van der Waals surface area contributed by atoms with Crippen LogP contribution < -0.4 is 15.1 Å². The molecule has 0 aliphatic carbocycles. The van der Waals surface area contributed by atoms with Gasteiger partial charge in [-0.15, -0.1) is 0 Å². The summed E-state index contributed by atoms with van der Waals surface area (Å²) in [4.78, 5) is 41.1. The van der Waals surface area contributed by atoms with Gasteiger partial charge in [-0.2, -0.15) is 0 Å². The summed E-state index contributed by atoms with van der Waals surface area (Å²) < 4.78 is 5.28.